The molecule has 2 aliphatic heterocycles. The average molecular weight is 554 g/mol. The fourth-order valence-electron chi connectivity index (χ4n) is 4.58. The van der Waals surface area contributed by atoms with Gasteiger partial charge in [0.25, 0.3) is 0 Å². The highest BCUT2D eigenvalue weighted by molar-refractivity contribution is 5.94. The first kappa shape index (κ1) is 30.6. The third-order valence-corrected chi connectivity index (χ3v) is 6.73. The Morgan fingerprint density at radius 2 is 1.62 bits per heavy atom. The average Bonchev–Trinajstić information content (AvgIpc) is 2.90. The molecule has 0 unspecified atom stereocenters. The van der Waals surface area contributed by atoms with Crippen molar-refractivity contribution in [1.29, 1.82) is 0 Å². The Hall–Kier alpha value is -3.92. The second-order valence-corrected chi connectivity index (χ2v) is 11.0. The first-order valence-electron chi connectivity index (χ1n) is 13.6. The normalized spacial score (nSPS) is 22.6. The first-order chi connectivity index (χ1) is 18.9. The lowest BCUT2D eigenvalue weighted by Crippen LogP contribution is -2.62. The molecule has 0 saturated heterocycles. The molecule has 40 heavy (non-hydrogen) atoms. The number of nitrogens with one attached hydrogen (secondary N) is 3. The Balaban J connectivity index is 2.04. The molecule has 0 fully saturated rings. The van der Waals surface area contributed by atoms with Gasteiger partial charge in [0.15, 0.2) is 0 Å². The molecule has 10 heteroatoms. The van der Waals surface area contributed by atoms with E-state index in [0.717, 1.165) is 5.56 Å². The molecule has 216 valence electrons. The minimum Gasteiger partial charge on any atom is -0.487 e. The highest BCUT2D eigenvalue weighted by Crippen LogP contribution is 2.21. The number of aliphatic carboxylic acids is 1. The third kappa shape index (κ3) is 8.54. The fraction of sp³-hybridized carbons (Fsp3) is 0.467. The molecule has 2 aromatic carbocycles. The highest BCUT2D eigenvalue weighted by atomic mass is 16.5. The first-order valence-corrected chi connectivity index (χ1v) is 13.6. The summed E-state index contributed by atoms with van der Waals surface area (Å²) in [4.78, 5) is 52.2. The van der Waals surface area contributed by atoms with Crippen LogP contribution in [0.4, 0.5) is 0 Å². The van der Waals surface area contributed by atoms with Crippen LogP contribution in [0.5, 0.6) is 5.75 Å². The van der Waals surface area contributed by atoms with Gasteiger partial charge in [0.05, 0.1) is 0 Å². The summed E-state index contributed by atoms with van der Waals surface area (Å²) in [5, 5.41) is 28.2. The maximum atomic E-state index is 13.8. The lowest BCUT2D eigenvalue weighted by molar-refractivity contribution is -0.142. The molecule has 2 aliphatic rings. The van der Waals surface area contributed by atoms with Gasteiger partial charge in [-0.05, 0) is 41.5 Å². The zero-order valence-corrected chi connectivity index (χ0v) is 23.3. The fourth-order valence-corrected chi connectivity index (χ4v) is 4.58. The van der Waals surface area contributed by atoms with E-state index in [9.17, 15) is 29.4 Å². The topological polar surface area (TPSA) is 154 Å². The number of hydrogen-bond acceptors (Lipinski definition) is 6. The Bertz CT molecular complexity index is 1170. The summed E-state index contributed by atoms with van der Waals surface area (Å²) in [5.41, 5.74) is 1.42. The molecule has 2 heterocycles. The van der Waals surface area contributed by atoms with E-state index in [-0.39, 0.29) is 31.1 Å². The van der Waals surface area contributed by atoms with Gasteiger partial charge < -0.3 is 30.9 Å². The number of fused-ring (bicyclic) bond motifs is 11. The van der Waals surface area contributed by atoms with Crippen molar-refractivity contribution in [2.45, 2.75) is 77.3 Å². The van der Waals surface area contributed by atoms with Crippen molar-refractivity contribution in [1.82, 2.24) is 16.0 Å². The van der Waals surface area contributed by atoms with Crippen LogP contribution in [0.15, 0.2) is 54.6 Å². The number of benzene rings is 2. The summed E-state index contributed by atoms with van der Waals surface area (Å²) in [6, 6.07) is 12.1. The largest absolute Gasteiger partial charge is 0.487 e. The molecule has 5 N–H and O–H groups in total. The van der Waals surface area contributed by atoms with Crippen molar-refractivity contribution in [2.24, 2.45) is 11.8 Å². The summed E-state index contributed by atoms with van der Waals surface area (Å²) in [6.45, 7) is 7.41. The standard InChI is InChI=1S/C30H39N3O7/c1-17(2)14-24(34)28(36)33-25-26(18(3)4)40-21-12-10-20(11-13-21)16-23(30(38)39)32-27(35)22(31-29(25)37)15-19-8-6-5-7-9-19/h5-13,17-18,22-26,34H,14-16H2,1-4H3,(H,31,37)(H,32,35)(H,33,36)(H,38,39)/t22-,23-,24+,25-,26-/m0/s1. The van der Waals surface area contributed by atoms with Crippen LogP contribution in [0.1, 0.15) is 45.2 Å². The molecule has 0 saturated carbocycles. The zero-order valence-electron chi connectivity index (χ0n) is 23.3. The number of carboxylic acid groups (broad SMARTS) is 1. The van der Waals surface area contributed by atoms with E-state index in [4.69, 9.17) is 4.74 Å². The van der Waals surface area contributed by atoms with Crippen LogP contribution in [-0.4, -0.2) is 64.2 Å². The van der Waals surface area contributed by atoms with E-state index in [2.05, 4.69) is 16.0 Å². The summed E-state index contributed by atoms with van der Waals surface area (Å²) in [7, 11) is 0. The van der Waals surface area contributed by atoms with Crippen LogP contribution in [0.2, 0.25) is 0 Å². The lowest BCUT2D eigenvalue weighted by Gasteiger charge is -2.33. The van der Waals surface area contributed by atoms with Gasteiger partial charge in [-0.1, -0.05) is 70.2 Å². The number of aliphatic hydroxyl groups excluding tert-OH is 1. The molecule has 3 amide bonds. The zero-order chi connectivity index (χ0) is 29.4. The molecule has 0 aliphatic carbocycles. The smallest absolute Gasteiger partial charge is 0.326 e. The Labute approximate surface area is 234 Å². The van der Waals surface area contributed by atoms with Gasteiger partial charge in [0, 0.05) is 12.8 Å². The van der Waals surface area contributed by atoms with E-state index in [0.29, 0.717) is 11.3 Å². The second-order valence-electron chi connectivity index (χ2n) is 11.0. The minimum atomic E-state index is -1.34. The molecule has 2 aromatic rings. The number of carbonyl (C=O) groups excluding carboxylic acids is 3. The molecule has 0 spiro atoms. The SMILES string of the molecule is CC(C)C[C@@H](O)C(=O)N[C@@H]1C(=O)N[C@@H](Cc2ccccc2)C(=O)N[C@H](C(=O)O)Cc2ccc(cc2)O[C@H]1C(C)C. The van der Waals surface area contributed by atoms with E-state index >= 15 is 0 Å². The number of rotatable bonds is 8. The van der Waals surface area contributed by atoms with Crippen molar-refractivity contribution < 1.29 is 34.1 Å². The monoisotopic (exact) mass is 553 g/mol. The van der Waals surface area contributed by atoms with Crippen molar-refractivity contribution in [3.63, 3.8) is 0 Å². The van der Waals surface area contributed by atoms with Gasteiger partial charge in [-0.25, -0.2) is 4.79 Å². The van der Waals surface area contributed by atoms with Gasteiger partial charge in [-0.2, -0.15) is 0 Å². The quantitative estimate of drug-likeness (QED) is 0.334. The van der Waals surface area contributed by atoms with Crippen molar-refractivity contribution in [2.75, 3.05) is 0 Å². The summed E-state index contributed by atoms with van der Waals surface area (Å²) in [5.74, 6) is -3.11. The molecular formula is C30H39N3O7. The molecule has 5 atom stereocenters. The number of carboxylic acids is 1. The number of ether oxygens (including phenoxy) is 1. The van der Waals surface area contributed by atoms with Crippen LogP contribution in [0.3, 0.4) is 0 Å². The van der Waals surface area contributed by atoms with E-state index in [1.165, 1.54) is 0 Å². The van der Waals surface area contributed by atoms with Crippen LogP contribution in [0.25, 0.3) is 0 Å². The highest BCUT2D eigenvalue weighted by Gasteiger charge is 2.38. The third-order valence-electron chi connectivity index (χ3n) is 6.73. The predicted octanol–water partition coefficient (Wildman–Crippen LogP) is 1.83. The van der Waals surface area contributed by atoms with Crippen LogP contribution >= 0.6 is 0 Å². The number of carbonyl (C=O) groups is 4. The molecular weight excluding hydrogens is 514 g/mol. The van der Waals surface area contributed by atoms with Crippen molar-refractivity contribution >= 4 is 23.7 Å². The summed E-state index contributed by atoms with van der Waals surface area (Å²) in [6.07, 6.45) is -1.87. The van der Waals surface area contributed by atoms with Crippen molar-refractivity contribution in [3.05, 3.63) is 65.7 Å². The predicted molar refractivity (Wildman–Crippen MR) is 148 cm³/mol. The van der Waals surface area contributed by atoms with E-state index < -0.39 is 54.0 Å². The minimum absolute atomic E-state index is 0.0351. The molecule has 4 rings (SSSR count). The van der Waals surface area contributed by atoms with Gasteiger partial charge in [0.2, 0.25) is 17.7 Å². The summed E-state index contributed by atoms with van der Waals surface area (Å²) >= 11 is 0. The second kappa shape index (κ2) is 13.9. The number of aliphatic hydroxyl groups is 1. The Morgan fingerprint density at radius 3 is 2.20 bits per heavy atom. The van der Waals surface area contributed by atoms with Gasteiger partial charge >= 0.3 is 5.97 Å². The van der Waals surface area contributed by atoms with E-state index in [1.807, 2.05) is 33.8 Å². The van der Waals surface area contributed by atoms with Crippen molar-refractivity contribution in [3.8, 4) is 5.75 Å². The van der Waals surface area contributed by atoms with Crippen LogP contribution in [0, 0.1) is 11.8 Å². The Kier molecular flexibility index (Phi) is 10.7. The molecule has 2 bridgehead atoms. The summed E-state index contributed by atoms with van der Waals surface area (Å²) < 4.78 is 6.20. The number of amides is 3. The van der Waals surface area contributed by atoms with Gasteiger partial charge in [-0.15, -0.1) is 0 Å². The molecule has 10 nitrogen and oxygen atoms in total. The van der Waals surface area contributed by atoms with Crippen LogP contribution < -0.4 is 20.7 Å². The molecule has 0 radical (unpaired) electrons. The Morgan fingerprint density at radius 1 is 0.975 bits per heavy atom. The maximum absolute atomic E-state index is 13.8. The van der Waals surface area contributed by atoms with Gasteiger partial charge in [-0.3, -0.25) is 14.4 Å². The maximum Gasteiger partial charge on any atom is 0.326 e. The van der Waals surface area contributed by atoms with Crippen LogP contribution in [-0.2, 0) is 32.0 Å². The number of hydrogen-bond donors (Lipinski definition) is 5. The van der Waals surface area contributed by atoms with Gasteiger partial charge in [0.1, 0.15) is 36.1 Å². The molecule has 0 aromatic heterocycles. The van der Waals surface area contributed by atoms with E-state index in [1.54, 1.807) is 48.5 Å². The lowest BCUT2D eigenvalue weighted by atomic mass is 9.96.